The summed E-state index contributed by atoms with van der Waals surface area (Å²) in [4.78, 5) is 21.0. The molecular weight excluding hydrogens is 382 g/mol. The molecule has 1 aromatic heterocycles. The molecule has 154 valence electrons. The van der Waals surface area contributed by atoms with Crippen molar-refractivity contribution in [3.8, 4) is 5.75 Å². The summed E-state index contributed by atoms with van der Waals surface area (Å²) in [6.07, 6.45) is 2.26. The average Bonchev–Trinajstić information content (AvgIpc) is 3.14. The molecule has 0 atom stereocenters. The van der Waals surface area contributed by atoms with E-state index in [2.05, 4.69) is 39.2 Å². The first-order valence-electron chi connectivity index (χ1n) is 10.2. The van der Waals surface area contributed by atoms with Gasteiger partial charge in [0.1, 0.15) is 5.75 Å². The Hall–Kier alpha value is -2.44. The summed E-state index contributed by atoms with van der Waals surface area (Å²) in [7, 11) is 4.26. The van der Waals surface area contributed by atoms with Crippen molar-refractivity contribution < 1.29 is 14.4 Å². The number of thiazole rings is 1. The number of carbonyl (C=O) groups is 1. The van der Waals surface area contributed by atoms with Gasteiger partial charge in [-0.3, -0.25) is 9.69 Å². The van der Waals surface area contributed by atoms with Gasteiger partial charge < -0.3 is 9.64 Å². The van der Waals surface area contributed by atoms with E-state index >= 15 is 0 Å². The van der Waals surface area contributed by atoms with E-state index in [1.54, 1.807) is 11.3 Å². The maximum Gasteiger partial charge on any atom is 0.232 e. The molecule has 5 nitrogen and oxygen atoms in total. The third-order valence-electron chi connectivity index (χ3n) is 4.77. The van der Waals surface area contributed by atoms with Crippen molar-refractivity contribution in [1.29, 1.82) is 0 Å². The normalized spacial score (nSPS) is 11.2. The molecule has 0 radical (unpaired) electrons. The molecule has 0 spiro atoms. The number of quaternary nitrogens is 1. The van der Waals surface area contributed by atoms with Gasteiger partial charge in [0.15, 0.2) is 5.13 Å². The second-order valence-corrected chi connectivity index (χ2v) is 8.43. The van der Waals surface area contributed by atoms with Crippen molar-refractivity contribution in [1.82, 2.24) is 4.98 Å². The molecule has 0 aliphatic rings. The van der Waals surface area contributed by atoms with Crippen LogP contribution in [0.3, 0.4) is 0 Å². The first-order valence-corrected chi connectivity index (χ1v) is 11.0. The first-order chi connectivity index (χ1) is 14.1. The smallest absolute Gasteiger partial charge is 0.232 e. The van der Waals surface area contributed by atoms with Gasteiger partial charge in [-0.05, 0) is 36.2 Å². The van der Waals surface area contributed by atoms with Crippen molar-refractivity contribution in [2.24, 2.45) is 0 Å². The highest BCUT2D eigenvalue weighted by molar-refractivity contribution is 7.22. The first kappa shape index (κ1) is 21.3. The van der Waals surface area contributed by atoms with Crippen LogP contribution in [-0.4, -0.2) is 44.7 Å². The molecule has 2 aromatic carbocycles. The fraction of sp³-hybridized carbons (Fsp3) is 0.391. The molecule has 1 heterocycles. The summed E-state index contributed by atoms with van der Waals surface area (Å²) in [5.74, 6) is 0.847. The van der Waals surface area contributed by atoms with Gasteiger partial charge >= 0.3 is 0 Å². The molecule has 6 heteroatoms. The van der Waals surface area contributed by atoms with Gasteiger partial charge in [-0.25, -0.2) is 4.98 Å². The second-order valence-electron chi connectivity index (χ2n) is 7.42. The largest absolute Gasteiger partial charge is 0.493 e. The highest BCUT2D eigenvalue weighted by Crippen LogP contribution is 2.30. The number of rotatable bonds is 10. The number of benzene rings is 2. The van der Waals surface area contributed by atoms with Gasteiger partial charge in [-0.2, -0.15) is 0 Å². The van der Waals surface area contributed by atoms with Crippen LogP contribution in [0, 0.1) is 0 Å². The number of fused-ring (bicyclic) bond motifs is 1. The van der Waals surface area contributed by atoms with E-state index in [-0.39, 0.29) is 5.91 Å². The summed E-state index contributed by atoms with van der Waals surface area (Å²) >= 11 is 1.60. The number of hydrogen-bond acceptors (Lipinski definition) is 4. The Morgan fingerprint density at radius 2 is 1.97 bits per heavy atom. The van der Waals surface area contributed by atoms with Gasteiger partial charge in [0, 0.05) is 13.0 Å². The van der Waals surface area contributed by atoms with Crippen LogP contribution < -0.4 is 14.5 Å². The van der Waals surface area contributed by atoms with E-state index in [0.717, 1.165) is 40.5 Å². The Morgan fingerprint density at radius 1 is 1.17 bits per heavy atom. The summed E-state index contributed by atoms with van der Waals surface area (Å²) in [6, 6.07) is 16.0. The number of aromatic nitrogens is 1. The van der Waals surface area contributed by atoms with E-state index in [9.17, 15) is 4.79 Å². The zero-order valence-corrected chi connectivity index (χ0v) is 18.3. The van der Waals surface area contributed by atoms with Crippen LogP contribution in [-0.2, 0) is 11.2 Å². The number of carbonyl (C=O) groups excluding carboxylic acids is 1. The zero-order chi connectivity index (χ0) is 20.6. The Kier molecular flexibility index (Phi) is 7.61. The van der Waals surface area contributed by atoms with Crippen LogP contribution >= 0.6 is 11.3 Å². The number of para-hydroxylation sites is 1. The minimum atomic E-state index is 0.0597. The third kappa shape index (κ3) is 6.02. The topological polar surface area (TPSA) is 46.9 Å². The summed E-state index contributed by atoms with van der Waals surface area (Å²) in [6.45, 7) is 4.20. The SMILES string of the molecule is CCc1ccc2nc(N(CCC[NH+](C)C)C(=O)CCOc3ccccc3)sc2c1. The number of amides is 1. The lowest BCUT2D eigenvalue weighted by Gasteiger charge is -2.20. The summed E-state index contributed by atoms with van der Waals surface area (Å²) in [5.41, 5.74) is 2.25. The second kappa shape index (κ2) is 10.4. The molecular formula is C23H30N3O2S+. The Morgan fingerprint density at radius 3 is 2.69 bits per heavy atom. The van der Waals surface area contributed by atoms with E-state index in [4.69, 9.17) is 9.72 Å². The van der Waals surface area contributed by atoms with Gasteiger partial charge in [0.25, 0.3) is 0 Å². The summed E-state index contributed by atoms with van der Waals surface area (Å²) < 4.78 is 6.86. The van der Waals surface area contributed by atoms with Crippen molar-refractivity contribution in [3.05, 3.63) is 54.1 Å². The Labute approximate surface area is 176 Å². The van der Waals surface area contributed by atoms with E-state index < -0.39 is 0 Å². The molecule has 1 N–H and O–H groups in total. The fourth-order valence-corrected chi connectivity index (χ4v) is 4.19. The van der Waals surface area contributed by atoms with Crippen LogP contribution in [0.15, 0.2) is 48.5 Å². The minimum absolute atomic E-state index is 0.0597. The molecule has 0 saturated carbocycles. The van der Waals surface area contributed by atoms with Crippen molar-refractivity contribution in [2.75, 3.05) is 38.7 Å². The lowest BCUT2D eigenvalue weighted by molar-refractivity contribution is -0.858. The third-order valence-corrected chi connectivity index (χ3v) is 5.81. The Balaban J connectivity index is 1.71. The van der Waals surface area contributed by atoms with Gasteiger partial charge in [-0.1, -0.05) is 42.5 Å². The fourth-order valence-electron chi connectivity index (χ4n) is 3.12. The molecule has 0 aliphatic carbocycles. The molecule has 1 amide bonds. The maximum absolute atomic E-state index is 13.0. The number of ether oxygens (including phenoxy) is 1. The highest BCUT2D eigenvalue weighted by atomic mass is 32.1. The highest BCUT2D eigenvalue weighted by Gasteiger charge is 2.20. The maximum atomic E-state index is 13.0. The molecule has 3 rings (SSSR count). The quantitative estimate of drug-likeness (QED) is 0.556. The van der Waals surface area contributed by atoms with Gasteiger partial charge in [-0.15, -0.1) is 0 Å². The lowest BCUT2D eigenvalue weighted by Crippen LogP contribution is -3.05. The molecule has 3 aromatic rings. The molecule has 0 saturated heterocycles. The molecule has 0 unspecified atom stereocenters. The van der Waals surface area contributed by atoms with Crippen molar-refractivity contribution in [2.45, 2.75) is 26.2 Å². The average molecular weight is 413 g/mol. The number of aryl methyl sites for hydroxylation is 1. The van der Waals surface area contributed by atoms with E-state index in [1.165, 1.54) is 10.5 Å². The predicted octanol–water partition coefficient (Wildman–Crippen LogP) is 3.20. The zero-order valence-electron chi connectivity index (χ0n) is 17.5. The van der Waals surface area contributed by atoms with Crippen LogP contribution in [0.4, 0.5) is 5.13 Å². The van der Waals surface area contributed by atoms with Crippen molar-refractivity contribution >= 4 is 32.6 Å². The number of nitrogens with one attached hydrogen (secondary N) is 1. The monoisotopic (exact) mass is 412 g/mol. The summed E-state index contributed by atoms with van der Waals surface area (Å²) in [5, 5.41) is 0.784. The van der Waals surface area contributed by atoms with E-state index in [0.29, 0.717) is 19.6 Å². The molecule has 0 bridgehead atoms. The van der Waals surface area contributed by atoms with Crippen LogP contribution in [0.1, 0.15) is 25.3 Å². The molecule has 0 aliphatic heterocycles. The van der Waals surface area contributed by atoms with Crippen LogP contribution in [0.2, 0.25) is 0 Å². The van der Waals surface area contributed by atoms with Crippen molar-refractivity contribution in [3.63, 3.8) is 0 Å². The van der Waals surface area contributed by atoms with Crippen LogP contribution in [0.25, 0.3) is 10.2 Å². The predicted molar refractivity (Wildman–Crippen MR) is 120 cm³/mol. The molecule has 0 fully saturated rings. The number of hydrogen-bond donors (Lipinski definition) is 1. The standard InChI is InChI=1S/C23H29N3O2S/c1-4-18-11-12-20-21(17-18)29-23(24-20)26(15-8-14-25(2)3)22(27)13-16-28-19-9-6-5-7-10-19/h5-7,9-12,17H,4,8,13-16H2,1-3H3/p+1. The van der Waals surface area contributed by atoms with Gasteiger partial charge in [0.05, 0.1) is 43.9 Å². The number of anilines is 1. The number of nitrogens with zero attached hydrogens (tertiary/aromatic N) is 2. The lowest BCUT2D eigenvalue weighted by atomic mass is 10.2. The Bertz CT molecular complexity index is 924. The van der Waals surface area contributed by atoms with E-state index in [1.807, 2.05) is 35.2 Å². The molecule has 29 heavy (non-hydrogen) atoms. The minimum Gasteiger partial charge on any atom is -0.493 e. The van der Waals surface area contributed by atoms with Crippen LogP contribution in [0.5, 0.6) is 5.75 Å². The van der Waals surface area contributed by atoms with Gasteiger partial charge in [0.2, 0.25) is 5.91 Å².